The minimum Gasteiger partial charge on any atom is -0.436 e. The van der Waals surface area contributed by atoms with Crippen molar-refractivity contribution in [1.82, 2.24) is 4.98 Å². The lowest BCUT2D eigenvalue weighted by atomic mass is 9.83. The van der Waals surface area contributed by atoms with Crippen molar-refractivity contribution in [2.45, 2.75) is 38.1 Å². The van der Waals surface area contributed by atoms with E-state index in [1.165, 1.54) is 12.1 Å². The lowest BCUT2D eigenvalue weighted by Crippen LogP contribution is -2.28. The van der Waals surface area contributed by atoms with Crippen molar-refractivity contribution in [3.05, 3.63) is 102 Å². The van der Waals surface area contributed by atoms with Crippen molar-refractivity contribution >= 4 is 15.7 Å². The van der Waals surface area contributed by atoms with Crippen LogP contribution in [0.3, 0.4) is 0 Å². The molecule has 1 aliphatic carbocycles. The Bertz CT molecular complexity index is 1540. The van der Waals surface area contributed by atoms with E-state index < -0.39 is 15.6 Å². The van der Waals surface area contributed by atoms with Gasteiger partial charge in [0, 0.05) is 16.7 Å². The Hall–Kier alpha value is -3.85. The largest absolute Gasteiger partial charge is 0.534 e. The molecule has 1 aliphatic rings. The highest BCUT2D eigenvalue weighted by Crippen LogP contribution is 2.40. The monoisotopic (exact) mass is 553 g/mol. The minimum atomic E-state index is -5.76. The first-order chi connectivity index (χ1) is 18.6. The topological polar surface area (TPSA) is 69.4 Å². The van der Waals surface area contributed by atoms with Gasteiger partial charge in [0.25, 0.3) is 0 Å². The molecule has 5 rings (SSSR count). The fraction of sp³-hybridized carbons (Fsp3) is 0.233. The van der Waals surface area contributed by atoms with E-state index in [2.05, 4.69) is 10.3 Å². The van der Waals surface area contributed by atoms with Crippen LogP contribution in [-0.4, -0.2) is 18.9 Å². The van der Waals surface area contributed by atoms with E-state index in [1.807, 2.05) is 66.7 Å². The average Bonchev–Trinajstić information content (AvgIpc) is 3.34. The predicted molar refractivity (Wildman–Crippen MR) is 143 cm³/mol. The van der Waals surface area contributed by atoms with Crippen LogP contribution >= 0.6 is 0 Å². The number of rotatable bonds is 7. The zero-order chi connectivity index (χ0) is 27.6. The summed E-state index contributed by atoms with van der Waals surface area (Å²) in [5.74, 6) is 0.767. The summed E-state index contributed by atoms with van der Waals surface area (Å²) >= 11 is 0. The Morgan fingerprint density at radius 3 is 2.31 bits per heavy atom. The maximum absolute atomic E-state index is 12.9. The lowest BCUT2D eigenvalue weighted by Gasteiger charge is -2.23. The van der Waals surface area contributed by atoms with Crippen LogP contribution in [0, 0.1) is 12.8 Å². The molecule has 0 saturated carbocycles. The number of benzene rings is 3. The Morgan fingerprint density at radius 2 is 1.64 bits per heavy atom. The van der Waals surface area contributed by atoms with Gasteiger partial charge in [0.05, 0.1) is 0 Å². The second-order valence-corrected chi connectivity index (χ2v) is 11.1. The van der Waals surface area contributed by atoms with Gasteiger partial charge in [0.2, 0.25) is 5.89 Å². The van der Waals surface area contributed by atoms with Crippen LogP contribution in [0.2, 0.25) is 0 Å². The number of alkyl halides is 3. The standard InChI is InChI=1S/C30H26F3NO4S/c1-20-16-21(19-25(17-20)38-39(35,36)30(31,32)33)18-24-14-8-9-15-26(24)29-34-27(22-10-4-2-5-11-22)28(37-29)23-12-6-3-7-13-23/h2-7,10-13,15-17,19,24H,8-9,14,18H2,1H3. The van der Waals surface area contributed by atoms with E-state index in [0.29, 0.717) is 29.2 Å². The SMILES string of the molecule is Cc1cc(CC2CCCC=C2c2nc(-c3ccccc3)c(-c3ccccc3)o2)cc(OS(=O)(=O)C(F)(F)F)c1. The fourth-order valence-corrected chi connectivity index (χ4v) is 5.33. The van der Waals surface area contributed by atoms with Gasteiger partial charge < -0.3 is 8.60 Å². The molecule has 0 aliphatic heterocycles. The van der Waals surface area contributed by atoms with Crippen molar-refractivity contribution in [3.63, 3.8) is 0 Å². The van der Waals surface area contributed by atoms with E-state index in [9.17, 15) is 21.6 Å². The fourth-order valence-electron chi connectivity index (χ4n) is 4.89. The summed E-state index contributed by atoms with van der Waals surface area (Å²) in [6.07, 6.45) is 5.16. The number of oxazole rings is 1. The molecule has 1 atom stereocenters. The van der Waals surface area contributed by atoms with Gasteiger partial charge in [-0.1, -0.05) is 72.8 Å². The van der Waals surface area contributed by atoms with Crippen LogP contribution < -0.4 is 4.18 Å². The normalized spacial score (nSPS) is 16.1. The second-order valence-electron chi connectivity index (χ2n) is 9.56. The molecule has 9 heteroatoms. The highest BCUT2D eigenvalue weighted by atomic mass is 32.2. The second kappa shape index (κ2) is 10.7. The summed E-state index contributed by atoms with van der Waals surface area (Å²) < 4.78 is 72.6. The molecule has 39 heavy (non-hydrogen) atoms. The predicted octanol–water partition coefficient (Wildman–Crippen LogP) is 7.97. The molecule has 0 N–H and O–H groups in total. The molecule has 0 saturated heterocycles. The third-order valence-corrected chi connectivity index (χ3v) is 7.58. The highest BCUT2D eigenvalue weighted by molar-refractivity contribution is 7.88. The van der Waals surface area contributed by atoms with Gasteiger partial charge in [0.15, 0.2) is 5.76 Å². The molecule has 1 aromatic heterocycles. The molecule has 4 aromatic rings. The smallest absolute Gasteiger partial charge is 0.436 e. The van der Waals surface area contributed by atoms with Crippen LogP contribution in [0.15, 0.2) is 89.4 Å². The number of hydrogen-bond donors (Lipinski definition) is 0. The quantitative estimate of drug-likeness (QED) is 0.171. The van der Waals surface area contributed by atoms with Crippen molar-refractivity contribution in [2.24, 2.45) is 5.92 Å². The molecule has 3 aromatic carbocycles. The number of allylic oxidation sites excluding steroid dienone is 2. The molecule has 0 fully saturated rings. The van der Waals surface area contributed by atoms with Crippen LogP contribution in [0.4, 0.5) is 13.2 Å². The molecule has 0 amide bonds. The summed E-state index contributed by atoms with van der Waals surface area (Å²) in [6, 6.07) is 24.0. The van der Waals surface area contributed by atoms with Gasteiger partial charge in [-0.3, -0.25) is 0 Å². The number of hydrogen-bond acceptors (Lipinski definition) is 5. The summed E-state index contributed by atoms with van der Waals surface area (Å²) in [6.45, 7) is 1.68. The first kappa shape index (κ1) is 26.7. The molecule has 5 nitrogen and oxygen atoms in total. The van der Waals surface area contributed by atoms with E-state index in [1.54, 1.807) is 6.92 Å². The number of nitrogens with zero attached hydrogens (tertiary/aromatic N) is 1. The summed E-state index contributed by atoms with van der Waals surface area (Å²) in [5.41, 5.74) is -0.778. The Morgan fingerprint density at radius 1 is 0.974 bits per heavy atom. The van der Waals surface area contributed by atoms with Crippen molar-refractivity contribution < 1.29 is 30.2 Å². The van der Waals surface area contributed by atoms with E-state index in [0.717, 1.165) is 41.7 Å². The first-order valence-electron chi connectivity index (χ1n) is 12.5. The van der Waals surface area contributed by atoms with Crippen molar-refractivity contribution in [1.29, 1.82) is 0 Å². The number of halogens is 3. The molecule has 0 bridgehead atoms. The summed E-state index contributed by atoms with van der Waals surface area (Å²) in [7, 11) is -5.76. The maximum Gasteiger partial charge on any atom is 0.534 e. The first-order valence-corrected chi connectivity index (χ1v) is 13.9. The Kier molecular flexibility index (Phi) is 7.36. The number of aryl methyl sites for hydroxylation is 1. The molecule has 0 spiro atoms. The third-order valence-electron chi connectivity index (χ3n) is 6.60. The van der Waals surface area contributed by atoms with Crippen LogP contribution in [0.5, 0.6) is 5.75 Å². The zero-order valence-corrected chi connectivity index (χ0v) is 21.9. The van der Waals surface area contributed by atoms with Crippen LogP contribution in [0.25, 0.3) is 28.2 Å². The average molecular weight is 554 g/mol. The third kappa shape index (κ3) is 5.93. The zero-order valence-electron chi connectivity index (χ0n) is 21.1. The van der Waals surface area contributed by atoms with Gasteiger partial charge >= 0.3 is 15.6 Å². The Balaban J connectivity index is 1.48. The van der Waals surface area contributed by atoms with E-state index >= 15 is 0 Å². The van der Waals surface area contributed by atoms with E-state index in [-0.39, 0.29) is 11.7 Å². The van der Waals surface area contributed by atoms with Gasteiger partial charge in [0.1, 0.15) is 11.4 Å². The molecule has 1 heterocycles. The van der Waals surface area contributed by atoms with E-state index in [4.69, 9.17) is 9.40 Å². The molecule has 202 valence electrons. The molecule has 0 radical (unpaired) electrons. The van der Waals surface area contributed by atoms with Gasteiger partial charge in [-0.25, -0.2) is 4.98 Å². The van der Waals surface area contributed by atoms with Gasteiger partial charge in [-0.05, 0) is 61.8 Å². The van der Waals surface area contributed by atoms with Crippen molar-refractivity contribution in [2.75, 3.05) is 0 Å². The summed E-state index contributed by atoms with van der Waals surface area (Å²) in [5, 5.41) is 0. The lowest BCUT2D eigenvalue weighted by molar-refractivity contribution is -0.0500. The van der Waals surface area contributed by atoms with Gasteiger partial charge in [-0.15, -0.1) is 0 Å². The van der Waals surface area contributed by atoms with Crippen molar-refractivity contribution in [3.8, 4) is 28.3 Å². The highest BCUT2D eigenvalue weighted by Gasteiger charge is 2.48. The number of aromatic nitrogens is 1. The van der Waals surface area contributed by atoms with Gasteiger partial charge in [-0.2, -0.15) is 21.6 Å². The molecular formula is C30H26F3NO4S. The maximum atomic E-state index is 12.9. The van der Waals surface area contributed by atoms with Crippen LogP contribution in [0.1, 0.15) is 36.3 Å². The molecule has 1 unspecified atom stereocenters. The minimum absolute atomic E-state index is 0.0291. The summed E-state index contributed by atoms with van der Waals surface area (Å²) in [4.78, 5) is 4.92. The molecular weight excluding hydrogens is 527 g/mol. The van der Waals surface area contributed by atoms with Crippen LogP contribution in [-0.2, 0) is 16.5 Å². The Labute approximate surface area is 225 Å².